The minimum atomic E-state index is -4.67. The van der Waals surface area contributed by atoms with E-state index in [9.17, 15) is 17.6 Å². The highest BCUT2D eigenvalue weighted by Gasteiger charge is 2.38. The van der Waals surface area contributed by atoms with Gasteiger partial charge < -0.3 is 0 Å². The molecule has 1 aromatic rings. The quantitative estimate of drug-likeness (QED) is 0.573. The SMILES string of the molecule is C/C=C/c1ccc(C2CCC(C)CC2)c(F)c1C(F)(F)F. The zero-order valence-corrected chi connectivity index (χ0v) is 12.3. The van der Waals surface area contributed by atoms with Gasteiger partial charge in [-0.15, -0.1) is 0 Å². The van der Waals surface area contributed by atoms with Crippen LogP contribution in [0.2, 0.25) is 0 Å². The topological polar surface area (TPSA) is 0 Å². The van der Waals surface area contributed by atoms with Crippen LogP contribution in [0.15, 0.2) is 18.2 Å². The van der Waals surface area contributed by atoms with Gasteiger partial charge in [-0.05, 0) is 42.7 Å². The van der Waals surface area contributed by atoms with Gasteiger partial charge in [0, 0.05) is 0 Å². The van der Waals surface area contributed by atoms with Gasteiger partial charge in [0.2, 0.25) is 0 Å². The zero-order valence-electron chi connectivity index (χ0n) is 12.3. The molecule has 1 fully saturated rings. The van der Waals surface area contributed by atoms with E-state index in [-0.39, 0.29) is 17.0 Å². The fourth-order valence-corrected chi connectivity index (χ4v) is 3.10. The second-order valence-electron chi connectivity index (χ2n) is 5.89. The van der Waals surface area contributed by atoms with Crippen LogP contribution >= 0.6 is 0 Å². The number of hydrogen-bond acceptors (Lipinski definition) is 0. The Balaban J connectivity index is 2.45. The van der Waals surface area contributed by atoms with Crippen molar-refractivity contribution in [3.05, 3.63) is 40.7 Å². The first-order valence-corrected chi connectivity index (χ1v) is 7.36. The third kappa shape index (κ3) is 3.47. The number of alkyl halides is 3. The standard InChI is InChI=1S/C17H20F4/c1-3-4-13-9-10-14(12-7-5-11(2)6-8-12)16(18)15(13)17(19,20)21/h3-4,9-12H,5-8H2,1-2H3/b4-3+. The first kappa shape index (κ1) is 16.1. The Kier molecular flexibility index (Phi) is 4.74. The molecule has 0 aromatic heterocycles. The van der Waals surface area contributed by atoms with Gasteiger partial charge >= 0.3 is 6.18 Å². The normalized spacial score (nSPS) is 23.7. The molecule has 2 rings (SSSR count). The molecule has 0 saturated heterocycles. The summed E-state index contributed by atoms with van der Waals surface area (Å²) in [4.78, 5) is 0. The van der Waals surface area contributed by atoms with E-state index < -0.39 is 17.6 Å². The Morgan fingerprint density at radius 3 is 2.24 bits per heavy atom. The van der Waals surface area contributed by atoms with Crippen molar-refractivity contribution in [3.63, 3.8) is 0 Å². The zero-order chi connectivity index (χ0) is 15.6. The fourth-order valence-electron chi connectivity index (χ4n) is 3.10. The molecule has 1 saturated carbocycles. The molecule has 0 radical (unpaired) electrons. The highest BCUT2D eigenvalue weighted by Crippen LogP contribution is 2.41. The monoisotopic (exact) mass is 300 g/mol. The predicted molar refractivity (Wildman–Crippen MR) is 76.5 cm³/mol. The Labute approximate surface area is 122 Å². The van der Waals surface area contributed by atoms with E-state index in [0.717, 1.165) is 25.7 Å². The van der Waals surface area contributed by atoms with Gasteiger partial charge in [-0.3, -0.25) is 0 Å². The first-order valence-electron chi connectivity index (χ1n) is 7.36. The van der Waals surface area contributed by atoms with Gasteiger partial charge in [0.05, 0.1) is 5.56 Å². The number of hydrogen-bond donors (Lipinski definition) is 0. The molecular formula is C17H20F4. The summed E-state index contributed by atoms with van der Waals surface area (Å²) >= 11 is 0. The van der Waals surface area contributed by atoms with E-state index >= 15 is 0 Å². The maximum absolute atomic E-state index is 14.5. The lowest BCUT2D eigenvalue weighted by Gasteiger charge is -2.27. The molecule has 0 unspecified atom stereocenters. The minimum Gasteiger partial charge on any atom is -0.206 e. The highest BCUT2D eigenvalue weighted by molar-refractivity contribution is 5.56. The van der Waals surface area contributed by atoms with Crippen LogP contribution < -0.4 is 0 Å². The van der Waals surface area contributed by atoms with Crippen LogP contribution in [-0.4, -0.2) is 0 Å². The largest absolute Gasteiger partial charge is 0.419 e. The molecule has 0 nitrogen and oxygen atoms in total. The van der Waals surface area contributed by atoms with Crippen molar-refractivity contribution >= 4 is 6.08 Å². The fraction of sp³-hybridized carbons (Fsp3) is 0.529. The summed E-state index contributed by atoms with van der Waals surface area (Å²) in [5.74, 6) is -0.603. The Morgan fingerprint density at radius 2 is 1.71 bits per heavy atom. The van der Waals surface area contributed by atoms with E-state index in [1.54, 1.807) is 6.92 Å². The van der Waals surface area contributed by atoms with Crippen molar-refractivity contribution in [1.82, 2.24) is 0 Å². The molecule has 1 aliphatic carbocycles. The van der Waals surface area contributed by atoms with Crippen LogP contribution in [0, 0.1) is 11.7 Å². The molecule has 116 valence electrons. The summed E-state index contributed by atoms with van der Waals surface area (Å²) in [6, 6.07) is 2.92. The van der Waals surface area contributed by atoms with E-state index in [1.807, 2.05) is 0 Å². The molecule has 21 heavy (non-hydrogen) atoms. The molecule has 0 aliphatic heterocycles. The maximum atomic E-state index is 14.5. The Morgan fingerprint density at radius 1 is 1.10 bits per heavy atom. The van der Waals surface area contributed by atoms with E-state index in [2.05, 4.69) is 6.92 Å². The molecule has 0 amide bonds. The van der Waals surface area contributed by atoms with Crippen LogP contribution in [0.1, 0.15) is 62.1 Å². The van der Waals surface area contributed by atoms with Crippen LogP contribution in [0.5, 0.6) is 0 Å². The summed E-state index contributed by atoms with van der Waals surface area (Å²) in [6.07, 6.45) is 1.54. The lowest BCUT2D eigenvalue weighted by molar-refractivity contribution is -0.140. The van der Waals surface area contributed by atoms with Crippen LogP contribution in [-0.2, 0) is 6.18 Å². The second kappa shape index (κ2) is 6.20. The summed E-state index contributed by atoms with van der Waals surface area (Å²) in [6.45, 7) is 3.75. The molecule has 0 spiro atoms. The molecule has 0 heterocycles. The average Bonchev–Trinajstić information content (AvgIpc) is 2.39. The summed E-state index contributed by atoms with van der Waals surface area (Å²) in [5.41, 5.74) is -1.00. The van der Waals surface area contributed by atoms with Gasteiger partial charge in [-0.1, -0.05) is 44.1 Å². The van der Waals surface area contributed by atoms with E-state index in [0.29, 0.717) is 5.92 Å². The molecule has 1 aromatic carbocycles. The van der Waals surface area contributed by atoms with Crippen molar-refractivity contribution in [2.75, 3.05) is 0 Å². The smallest absolute Gasteiger partial charge is 0.206 e. The number of halogens is 4. The molecule has 4 heteroatoms. The van der Waals surface area contributed by atoms with Crippen molar-refractivity contribution in [2.45, 2.75) is 51.6 Å². The number of benzene rings is 1. The lowest BCUT2D eigenvalue weighted by Crippen LogP contribution is -2.17. The van der Waals surface area contributed by atoms with Gasteiger partial charge in [0.1, 0.15) is 5.82 Å². The number of allylic oxidation sites excluding steroid dienone is 1. The molecule has 0 atom stereocenters. The second-order valence-corrected chi connectivity index (χ2v) is 5.89. The average molecular weight is 300 g/mol. The van der Waals surface area contributed by atoms with Gasteiger partial charge in [0.25, 0.3) is 0 Å². The molecule has 0 N–H and O–H groups in total. The summed E-state index contributed by atoms with van der Waals surface area (Å²) in [7, 11) is 0. The summed E-state index contributed by atoms with van der Waals surface area (Å²) < 4.78 is 54.0. The van der Waals surface area contributed by atoms with Gasteiger partial charge in [-0.25, -0.2) is 4.39 Å². The number of rotatable bonds is 2. The third-order valence-electron chi connectivity index (χ3n) is 4.29. The van der Waals surface area contributed by atoms with Gasteiger partial charge in [0.15, 0.2) is 0 Å². The van der Waals surface area contributed by atoms with E-state index in [1.165, 1.54) is 24.3 Å². The minimum absolute atomic E-state index is 0.0954. The van der Waals surface area contributed by atoms with Crippen LogP contribution in [0.3, 0.4) is 0 Å². The van der Waals surface area contributed by atoms with Crippen molar-refractivity contribution in [2.24, 2.45) is 5.92 Å². The van der Waals surface area contributed by atoms with Crippen molar-refractivity contribution in [3.8, 4) is 0 Å². The predicted octanol–water partition coefficient (Wildman–Crippen LogP) is 6.17. The Bertz CT molecular complexity index is 520. The highest BCUT2D eigenvalue weighted by atomic mass is 19.4. The van der Waals surface area contributed by atoms with Gasteiger partial charge in [-0.2, -0.15) is 13.2 Å². The molecular weight excluding hydrogens is 280 g/mol. The van der Waals surface area contributed by atoms with E-state index in [4.69, 9.17) is 0 Å². The molecule has 0 bridgehead atoms. The maximum Gasteiger partial charge on any atom is 0.419 e. The summed E-state index contributed by atoms with van der Waals surface area (Å²) in [5, 5.41) is 0. The Hall–Kier alpha value is -1.32. The molecule has 1 aliphatic rings. The van der Waals surface area contributed by atoms with Crippen LogP contribution in [0.25, 0.3) is 6.08 Å². The van der Waals surface area contributed by atoms with Crippen LogP contribution in [0.4, 0.5) is 17.6 Å². The third-order valence-corrected chi connectivity index (χ3v) is 4.29. The van der Waals surface area contributed by atoms with Crippen molar-refractivity contribution in [1.29, 1.82) is 0 Å². The lowest BCUT2D eigenvalue weighted by atomic mass is 9.78. The first-order chi connectivity index (χ1) is 9.84. The van der Waals surface area contributed by atoms with Crippen molar-refractivity contribution < 1.29 is 17.6 Å².